The number of hydrogen-bond donors (Lipinski definition) is 1. The van der Waals surface area contributed by atoms with Gasteiger partial charge < -0.3 is 10.6 Å². The number of fused-ring (bicyclic) bond motifs is 1. The molecule has 2 N–H and O–H groups in total. The number of amides is 2. The molecule has 2 aliphatic rings. The van der Waals surface area contributed by atoms with Gasteiger partial charge in [0.1, 0.15) is 11.9 Å². The van der Waals surface area contributed by atoms with Gasteiger partial charge in [0.25, 0.3) is 0 Å². The Morgan fingerprint density at radius 2 is 2.00 bits per heavy atom. The first-order valence-corrected chi connectivity index (χ1v) is 6.74. The minimum absolute atomic E-state index is 0.220. The van der Waals surface area contributed by atoms with Crippen LogP contribution in [0.1, 0.15) is 24.4 Å². The molecule has 0 radical (unpaired) electrons. The number of nitrogens with zero attached hydrogens (tertiary/aromatic N) is 3. The van der Waals surface area contributed by atoms with E-state index in [4.69, 9.17) is 5.73 Å². The maximum absolute atomic E-state index is 12.0. The Kier molecular flexibility index (Phi) is 2.30. The van der Waals surface area contributed by atoms with Gasteiger partial charge in [-0.05, 0) is 18.2 Å². The van der Waals surface area contributed by atoms with Crippen LogP contribution in [-0.4, -0.2) is 27.8 Å². The minimum atomic E-state index is -0.270. The third kappa shape index (κ3) is 1.59. The van der Waals surface area contributed by atoms with Crippen LogP contribution in [0.4, 0.5) is 4.79 Å². The normalized spacial score (nSPS) is 22.4. The highest BCUT2D eigenvalue weighted by Crippen LogP contribution is 2.39. The summed E-state index contributed by atoms with van der Waals surface area (Å²) in [7, 11) is 0. The molecule has 5 heteroatoms. The van der Waals surface area contributed by atoms with Gasteiger partial charge in [0.15, 0.2) is 0 Å². The summed E-state index contributed by atoms with van der Waals surface area (Å²) in [5.41, 5.74) is 6.97. The highest BCUT2D eigenvalue weighted by Gasteiger charge is 2.44. The van der Waals surface area contributed by atoms with E-state index in [1.807, 2.05) is 30.5 Å². The van der Waals surface area contributed by atoms with Gasteiger partial charge in [-0.2, -0.15) is 4.99 Å². The number of benzene rings is 1. The van der Waals surface area contributed by atoms with Crippen molar-refractivity contribution in [2.45, 2.75) is 24.9 Å². The van der Waals surface area contributed by atoms with E-state index in [1.54, 1.807) is 11.1 Å². The first-order chi connectivity index (χ1) is 9.75. The zero-order chi connectivity index (χ0) is 13.7. The smallest absolute Gasteiger partial charge is 0.346 e. The van der Waals surface area contributed by atoms with Crippen LogP contribution in [-0.2, 0) is 0 Å². The molecule has 2 amide bonds. The lowest BCUT2D eigenvalue weighted by molar-refractivity contribution is 0.203. The number of hydrogen-bond acceptors (Lipinski definition) is 3. The molecule has 5 nitrogen and oxygen atoms in total. The van der Waals surface area contributed by atoms with Crippen molar-refractivity contribution in [1.29, 1.82) is 0 Å². The molecule has 0 bridgehead atoms. The topological polar surface area (TPSA) is 71.6 Å². The van der Waals surface area contributed by atoms with Crippen LogP contribution in [0.3, 0.4) is 0 Å². The molecule has 100 valence electrons. The maximum atomic E-state index is 12.0. The van der Waals surface area contributed by atoms with Crippen molar-refractivity contribution in [3.05, 3.63) is 42.2 Å². The zero-order valence-corrected chi connectivity index (χ0v) is 10.9. The molecule has 20 heavy (non-hydrogen) atoms. The van der Waals surface area contributed by atoms with Gasteiger partial charge in [-0.25, -0.2) is 4.79 Å². The number of pyridine rings is 1. The number of carbonyl (C=O) groups excluding carboxylic acids is 1. The summed E-state index contributed by atoms with van der Waals surface area (Å²) >= 11 is 0. The van der Waals surface area contributed by atoms with Crippen LogP contribution >= 0.6 is 0 Å². The summed E-state index contributed by atoms with van der Waals surface area (Å²) in [6.45, 7) is 0. The predicted octanol–water partition coefficient (Wildman–Crippen LogP) is 2.23. The summed E-state index contributed by atoms with van der Waals surface area (Å²) in [5.74, 6) is 0.375. The SMILES string of the molecule is NC1=NC(=O)N(C2CC2)C1c1cncc2ccccc12. The fraction of sp³-hybridized carbons (Fsp3) is 0.267. The third-order valence-electron chi connectivity index (χ3n) is 3.94. The molecular weight excluding hydrogens is 252 g/mol. The van der Waals surface area contributed by atoms with Crippen molar-refractivity contribution in [3.63, 3.8) is 0 Å². The highest BCUT2D eigenvalue weighted by atomic mass is 16.2. The van der Waals surface area contributed by atoms with Crippen LogP contribution in [0.5, 0.6) is 0 Å². The van der Waals surface area contributed by atoms with Gasteiger partial charge in [0.2, 0.25) is 0 Å². The molecule has 2 heterocycles. The van der Waals surface area contributed by atoms with Crippen LogP contribution in [0.25, 0.3) is 10.8 Å². The Labute approximate surface area is 116 Å². The average Bonchev–Trinajstić information content (AvgIpc) is 3.24. The Morgan fingerprint density at radius 3 is 2.80 bits per heavy atom. The summed E-state index contributed by atoms with van der Waals surface area (Å²) in [5, 5.41) is 2.12. The number of carbonyl (C=O) groups is 1. The first kappa shape index (κ1) is 11.4. The van der Waals surface area contributed by atoms with Gasteiger partial charge >= 0.3 is 6.03 Å². The van der Waals surface area contributed by atoms with Crippen molar-refractivity contribution in [2.24, 2.45) is 10.7 Å². The van der Waals surface area contributed by atoms with Crippen molar-refractivity contribution >= 4 is 22.6 Å². The molecule has 1 atom stereocenters. The van der Waals surface area contributed by atoms with E-state index < -0.39 is 0 Å². The summed E-state index contributed by atoms with van der Waals surface area (Å²) in [6, 6.07) is 7.79. The van der Waals surface area contributed by atoms with Crippen molar-refractivity contribution in [2.75, 3.05) is 0 Å². The van der Waals surface area contributed by atoms with Crippen LogP contribution in [0.2, 0.25) is 0 Å². The van der Waals surface area contributed by atoms with Gasteiger partial charge in [0.05, 0.1) is 0 Å². The standard InChI is InChI=1S/C15H14N4O/c16-14-13(19(10-5-6-10)15(20)18-14)12-8-17-7-9-3-1-2-4-11(9)12/h1-4,7-8,10,13H,5-6H2,(H2,16,18,20). The molecule has 1 aromatic heterocycles. The summed E-state index contributed by atoms with van der Waals surface area (Å²) in [6.07, 6.45) is 5.68. The van der Waals surface area contributed by atoms with E-state index in [0.717, 1.165) is 29.2 Å². The van der Waals surface area contributed by atoms with Crippen LogP contribution in [0.15, 0.2) is 41.7 Å². The molecule has 2 aromatic rings. The molecule has 1 aromatic carbocycles. The van der Waals surface area contributed by atoms with E-state index in [-0.39, 0.29) is 18.1 Å². The molecule has 0 saturated heterocycles. The molecule has 1 unspecified atom stereocenters. The van der Waals surface area contributed by atoms with Gasteiger partial charge in [0, 0.05) is 29.4 Å². The molecule has 1 aliphatic heterocycles. The largest absolute Gasteiger partial charge is 0.385 e. The van der Waals surface area contributed by atoms with Crippen molar-refractivity contribution < 1.29 is 4.79 Å². The molecule has 1 aliphatic carbocycles. The molecule has 0 spiro atoms. The fourth-order valence-corrected chi connectivity index (χ4v) is 2.87. The number of urea groups is 1. The van der Waals surface area contributed by atoms with E-state index in [9.17, 15) is 4.79 Å². The Morgan fingerprint density at radius 1 is 1.20 bits per heavy atom. The summed E-state index contributed by atoms with van der Waals surface area (Å²) < 4.78 is 0. The molecule has 1 fully saturated rings. The van der Waals surface area contributed by atoms with E-state index in [2.05, 4.69) is 9.98 Å². The van der Waals surface area contributed by atoms with Crippen LogP contribution < -0.4 is 5.73 Å². The van der Waals surface area contributed by atoms with Crippen molar-refractivity contribution in [1.82, 2.24) is 9.88 Å². The van der Waals surface area contributed by atoms with Gasteiger partial charge in [-0.3, -0.25) is 4.98 Å². The first-order valence-electron chi connectivity index (χ1n) is 6.74. The second-order valence-corrected chi connectivity index (χ2v) is 5.31. The number of nitrogens with two attached hydrogens (primary N) is 1. The Hall–Kier alpha value is -2.43. The predicted molar refractivity (Wildman–Crippen MR) is 76.4 cm³/mol. The van der Waals surface area contributed by atoms with Crippen molar-refractivity contribution in [3.8, 4) is 0 Å². The third-order valence-corrected chi connectivity index (χ3v) is 3.94. The van der Waals surface area contributed by atoms with Gasteiger partial charge in [-0.15, -0.1) is 0 Å². The number of aliphatic imine (C=N–C) groups is 1. The summed E-state index contributed by atoms with van der Waals surface area (Å²) in [4.78, 5) is 22.1. The van der Waals surface area contributed by atoms with E-state index in [1.165, 1.54) is 0 Å². The van der Waals surface area contributed by atoms with Gasteiger partial charge in [-0.1, -0.05) is 24.3 Å². The Balaban J connectivity index is 1.89. The lowest BCUT2D eigenvalue weighted by atomic mass is 10.0. The quantitative estimate of drug-likeness (QED) is 0.906. The highest BCUT2D eigenvalue weighted by molar-refractivity contribution is 6.05. The van der Waals surface area contributed by atoms with E-state index >= 15 is 0 Å². The average molecular weight is 266 g/mol. The van der Waals surface area contributed by atoms with Crippen LogP contribution in [0, 0.1) is 0 Å². The van der Waals surface area contributed by atoms with E-state index in [0.29, 0.717) is 5.84 Å². The fourth-order valence-electron chi connectivity index (χ4n) is 2.87. The molecular formula is C15H14N4O. The second kappa shape index (κ2) is 4.03. The lowest BCUT2D eigenvalue weighted by Gasteiger charge is -2.25. The lowest BCUT2D eigenvalue weighted by Crippen LogP contribution is -2.35. The number of amidine groups is 1. The zero-order valence-electron chi connectivity index (χ0n) is 10.9. The number of rotatable bonds is 2. The monoisotopic (exact) mass is 266 g/mol. The number of aromatic nitrogens is 1. The minimum Gasteiger partial charge on any atom is -0.385 e. The second-order valence-electron chi connectivity index (χ2n) is 5.31. The molecule has 4 rings (SSSR count). The maximum Gasteiger partial charge on any atom is 0.346 e. The molecule has 1 saturated carbocycles. The Bertz CT molecular complexity index is 730.